The highest BCUT2D eigenvalue weighted by Gasteiger charge is 2.25. The van der Waals surface area contributed by atoms with Crippen molar-refractivity contribution in [3.05, 3.63) is 27.2 Å². The number of anilines is 1. The van der Waals surface area contributed by atoms with E-state index in [1.165, 1.54) is 11.4 Å². The highest BCUT2D eigenvalue weighted by Crippen LogP contribution is 2.22. The second-order valence-electron chi connectivity index (χ2n) is 5.32. The number of rotatable bonds is 3. The minimum Gasteiger partial charge on any atom is -0.461 e. The van der Waals surface area contributed by atoms with Gasteiger partial charge in [0, 0.05) is 18.7 Å². The number of hydrogen-bond acceptors (Lipinski definition) is 7. The lowest BCUT2D eigenvalue weighted by atomic mass is 10.2. The summed E-state index contributed by atoms with van der Waals surface area (Å²) in [5.74, 6) is -0.168. The molecule has 0 aliphatic carbocycles. The van der Waals surface area contributed by atoms with E-state index in [9.17, 15) is 14.9 Å². The van der Waals surface area contributed by atoms with Crippen LogP contribution in [0, 0.1) is 18.3 Å². The summed E-state index contributed by atoms with van der Waals surface area (Å²) in [6, 6.07) is 2.07. The summed E-state index contributed by atoms with van der Waals surface area (Å²) in [6.07, 6.45) is 0. The highest BCUT2D eigenvalue weighted by molar-refractivity contribution is 5.89. The van der Waals surface area contributed by atoms with Crippen molar-refractivity contribution in [1.82, 2.24) is 14.6 Å². The fourth-order valence-corrected chi connectivity index (χ4v) is 2.66. The number of H-pyrrole nitrogens is 1. The number of morpholine rings is 1. The Morgan fingerprint density at radius 3 is 2.79 bits per heavy atom. The van der Waals surface area contributed by atoms with Gasteiger partial charge in [-0.05, 0) is 13.8 Å². The summed E-state index contributed by atoms with van der Waals surface area (Å²) in [7, 11) is 0. The molecule has 1 aliphatic rings. The quantitative estimate of drug-likeness (QED) is 0.800. The first-order valence-corrected chi connectivity index (χ1v) is 7.63. The van der Waals surface area contributed by atoms with Crippen molar-refractivity contribution in [3.8, 4) is 6.07 Å². The average Bonchev–Trinajstić information content (AvgIpc) is 2.97. The van der Waals surface area contributed by atoms with Crippen LogP contribution in [0.3, 0.4) is 0 Å². The lowest BCUT2D eigenvalue weighted by molar-refractivity contribution is 0.0518. The van der Waals surface area contributed by atoms with Gasteiger partial charge in [0.2, 0.25) is 0 Å². The highest BCUT2D eigenvalue weighted by atomic mass is 16.5. The minimum absolute atomic E-state index is 0.0640. The zero-order valence-electron chi connectivity index (χ0n) is 13.5. The molecule has 24 heavy (non-hydrogen) atoms. The van der Waals surface area contributed by atoms with Gasteiger partial charge >= 0.3 is 5.97 Å². The van der Waals surface area contributed by atoms with Crippen molar-refractivity contribution < 1.29 is 14.3 Å². The molecule has 126 valence electrons. The number of fused-ring (bicyclic) bond motifs is 1. The maximum Gasteiger partial charge on any atom is 0.357 e. The Labute approximate surface area is 137 Å². The molecule has 1 N–H and O–H groups in total. The fraction of sp³-hybridized carbons (Fsp3) is 0.467. The van der Waals surface area contributed by atoms with Gasteiger partial charge in [-0.1, -0.05) is 0 Å². The molecule has 2 aromatic heterocycles. The van der Waals surface area contributed by atoms with Gasteiger partial charge in [0.05, 0.1) is 19.8 Å². The number of esters is 1. The molecule has 1 aliphatic heterocycles. The number of nitrogens with one attached hydrogen (secondary N) is 1. The number of nitrogens with zero attached hydrogens (tertiary/aromatic N) is 4. The summed E-state index contributed by atoms with van der Waals surface area (Å²) in [5, 5.41) is 12.5. The smallest absolute Gasteiger partial charge is 0.357 e. The van der Waals surface area contributed by atoms with Crippen LogP contribution in [0.15, 0.2) is 4.79 Å². The van der Waals surface area contributed by atoms with E-state index in [4.69, 9.17) is 9.47 Å². The number of carbonyl (C=O) groups is 1. The number of ether oxygens (including phenoxy) is 2. The van der Waals surface area contributed by atoms with E-state index >= 15 is 0 Å². The van der Waals surface area contributed by atoms with E-state index in [0.717, 1.165) is 0 Å². The second-order valence-corrected chi connectivity index (χ2v) is 5.32. The van der Waals surface area contributed by atoms with Crippen LogP contribution in [0.5, 0.6) is 0 Å². The summed E-state index contributed by atoms with van der Waals surface area (Å²) < 4.78 is 11.4. The first-order chi connectivity index (χ1) is 11.6. The van der Waals surface area contributed by atoms with Crippen molar-refractivity contribution in [3.63, 3.8) is 0 Å². The van der Waals surface area contributed by atoms with Gasteiger partial charge in [0.15, 0.2) is 11.3 Å². The second kappa shape index (κ2) is 6.33. The molecule has 0 bridgehead atoms. The Morgan fingerprint density at radius 1 is 1.46 bits per heavy atom. The monoisotopic (exact) mass is 331 g/mol. The molecule has 0 amide bonds. The van der Waals surface area contributed by atoms with E-state index in [-0.39, 0.29) is 29.1 Å². The minimum atomic E-state index is -0.674. The molecule has 1 saturated heterocycles. The zero-order valence-corrected chi connectivity index (χ0v) is 13.5. The maximum absolute atomic E-state index is 12.6. The van der Waals surface area contributed by atoms with Crippen molar-refractivity contribution in [2.45, 2.75) is 13.8 Å². The van der Waals surface area contributed by atoms with Gasteiger partial charge in [0.1, 0.15) is 17.5 Å². The lowest BCUT2D eigenvalue weighted by Gasteiger charge is -2.27. The first-order valence-electron chi connectivity index (χ1n) is 7.63. The van der Waals surface area contributed by atoms with Gasteiger partial charge in [-0.15, -0.1) is 0 Å². The number of aromatic nitrogens is 3. The van der Waals surface area contributed by atoms with Crippen molar-refractivity contribution >= 4 is 17.4 Å². The van der Waals surface area contributed by atoms with E-state index < -0.39 is 11.5 Å². The Morgan fingerprint density at radius 2 is 2.17 bits per heavy atom. The SMILES string of the molecule is CCOC(=O)c1nc2c(C#N)c(N3CCOCC3)[nH]n2c(=O)c1C. The number of hydrogen-bond donors (Lipinski definition) is 1. The standard InChI is InChI=1S/C15H17N5O4/c1-3-24-15(22)11-9(2)14(21)20-12(17-11)10(8-16)13(18-20)19-4-6-23-7-5-19/h18H,3-7H2,1-2H3. The molecule has 0 atom stereocenters. The molecule has 1 fully saturated rings. The van der Waals surface area contributed by atoms with E-state index in [1.54, 1.807) is 6.92 Å². The molecule has 0 radical (unpaired) electrons. The van der Waals surface area contributed by atoms with Crippen LogP contribution >= 0.6 is 0 Å². The molecule has 2 aromatic rings. The van der Waals surface area contributed by atoms with Crippen LogP contribution in [-0.2, 0) is 9.47 Å². The molecule has 0 unspecified atom stereocenters. The number of carbonyl (C=O) groups excluding carboxylic acids is 1. The topological polar surface area (TPSA) is 113 Å². The van der Waals surface area contributed by atoms with Gasteiger partial charge in [0.25, 0.3) is 5.56 Å². The predicted octanol–water partition coefficient (Wildman–Crippen LogP) is 0.216. The molecular formula is C15H17N5O4. The van der Waals surface area contributed by atoms with Gasteiger partial charge in [-0.3, -0.25) is 9.89 Å². The Bertz CT molecular complexity index is 886. The summed E-state index contributed by atoms with van der Waals surface area (Å²) in [5.41, 5.74) is 0.0207. The third-order valence-electron chi connectivity index (χ3n) is 3.89. The summed E-state index contributed by atoms with van der Waals surface area (Å²) >= 11 is 0. The Kier molecular flexibility index (Phi) is 4.22. The molecule has 3 rings (SSSR count). The maximum atomic E-state index is 12.6. The van der Waals surface area contributed by atoms with Crippen molar-refractivity contribution in [2.75, 3.05) is 37.8 Å². The van der Waals surface area contributed by atoms with E-state index in [0.29, 0.717) is 32.1 Å². The third kappa shape index (κ3) is 2.51. The number of aromatic amines is 1. The van der Waals surface area contributed by atoms with Crippen LogP contribution in [0.1, 0.15) is 28.5 Å². The number of nitriles is 1. The first kappa shape index (κ1) is 16.0. The van der Waals surface area contributed by atoms with Gasteiger partial charge in [-0.2, -0.15) is 9.78 Å². The molecule has 0 aromatic carbocycles. The van der Waals surface area contributed by atoms with Crippen LogP contribution in [-0.4, -0.2) is 53.5 Å². The van der Waals surface area contributed by atoms with Crippen LogP contribution in [0.25, 0.3) is 5.65 Å². The van der Waals surface area contributed by atoms with E-state index in [1.807, 2.05) is 4.90 Å². The fourth-order valence-electron chi connectivity index (χ4n) is 2.66. The molecule has 9 heteroatoms. The van der Waals surface area contributed by atoms with E-state index in [2.05, 4.69) is 16.2 Å². The third-order valence-corrected chi connectivity index (χ3v) is 3.89. The molecule has 0 spiro atoms. The van der Waals surface area contributed by atoms with Gasteiger partial charge in [-0.25, -0.2) is 9.78 Å². The van der Waals surface area contributed by atoms with Crippen LogP contribution in [0.2, 0.25) is 0 Å². The molecule has 0 saturated carbocycles. The normalized spacial score (nSPS) is 14.6. The van der Waals surface area contributed by atoms with Gasteiger partial charge < -0.3 is 14.4 Å². The predicted molar refractivity (Wildman–Crippen MR) is 84.3 cm³/mol. The zero-order chi connectivity index (χ0) is 17.3. The van der Waals surface area contributed by atoms with Crippen molar-refractivity contribution in [2.24, 2.45) is 0 Å². The molecule has 3 heterocycles. The Hall–Kier alpha value is -2.86. The van der Waals surface area contributed by atoms with Crippen molar-refractivity contribution in [1.29, 1.82) is 5.26 Å². The molecular weight excluding hydrogens is 314 g/mol. The summed E-state index contributed by atoms with van der Waals surface area (Å²) in [4.78, 5) is 30.7. The largest absolute Gasteiger partial charge is 0.461 e. The van der Waals surface area contributed by atoms with Crippen LogP contribution < -0.4 is 10.5 Å². The summed E-state index contributed by atoms with van der Waals surface area (Å²) in [6.45, 7) is 5.63. The average molecular weight is 331 g/mol. The Balaban J connectivity index is 2.21. The lowest BCUT2D eigenvalue weighted by Crippen LogP contribution is -2.37. The van der Waals surface area contributed by atoms with Crippen LogP contribution in [0.4, 0.5) is 5.82 Å². The molecule has 9 nitrogen and oxygen atoms in total.